The summed E-state index contributed by atoms with van der Waals surface area (Å²) in [4.78, 5) is 22.1. The first kappa shape index (κ1) is 11.6. The Bertz CT molecular complexity index is 263. The molecule has 15 heavy (non-hydrogen) atoms. The number of hydrogen-bond donors (Lipinski definition) is 2. The van der Waals surface area contributed by atoms with Gasteiger partial charge in [0.05, 0.1) is 6.61 Å². The molecule has 1 rings (SSSR count). The van der Waals surface area contributed by atoms with Crippen LogP contribution in [-0.2, 0) is 9.53 Å². The molecular formula is C10H16N2O3. The van der Waals surface area contributed by atoms with Crippen LogP contribution in [0.3, 0.4) is 0 Å². The lowest BCUT2D eigenvalue weighted by Crippen LogP contribution is -2.42. The maximum absolute atomic E-state index is 11.3. The van der Waals surface area contributed by atoms with Gasteiger partial charge < -0.3 is 4.74 Å². The fraction of sp³-hybridized carbons (Fsp3) is 0.600. The largest absolute Gasteiger partial charge is 0.449 e. The molecule has 0 aliphatic heterocycles. The van der Waals surface area contributed by atoms with E-state index >= 15 is 0 Å². The number of ether oxygens (including phenoxy) is 1. The number of carbonyl (C=O) groups is 2. The van der Waals surface area contributed by atoms with Gasteiger partial charge in [-0.3, -0.25) is 10.2 Å². The molecule has 0 heterocycles. The highest BCUT2D eigenvalue weighted by Gasteiger charge is 2.14. The molecule has 0 saturated carbocycles. The van der Waals surface area contributed by atoms with E-state index in [-0.39, 0.29) is 12.5 Å². The predicted octanol–water partition coefficient (Wildman–Crippen LogP) is 1.12. The molecule has 0 spiro atoms. The van der Waals surface area contributed by atoms with Crippen LogP contribution in [-0.4, -0.2) is 18.6 Å². The van der Waals surface area contributed by atoms with Crippen LogP contribution in [0.25, 0.3) is 0 Å². The van der Waals surface area contributed by atoms with Gasteiger partial charge in [-0.1, -0.05) is 12.2 Å². The van der Waals surface area contributed by atoms with Crippen LogP contribution in [0.1, 0.15) is 26.2 Å². The van der Waals surface area contributed by atoms with Crippen molar-refractivity contribution >= 4 is 12.0 Å². The Labute approximate surface area is 88.8 Å². The number of hydrogen-bond acceptors (Lipinski definition) is 3. The number of carbonyl (C=O) groups excluding carboxylic acids is 2. The molecule has 2 N–H and O–H groups in total. The third kappa shape index (κ3) is 4.49. The van der Waals surface area contributed by atoms with Crippen LogP contribution < -0.4 is 10.9 Å². The van der Waals surface area contributed by atoms with Crippen LogP contribution in [0.2, 0.25) is 0 Å². The number of rotatable bonds is 3. The zero-order valence-electron chi connectivity index (χ0n) is 8.79. The van der Waals surface area contributed by atoms with Gasteiger partial charge in [0.25, 0.3) is 0 Å². The van der Waals surface area contributed by atoms with Gasteiger partial charge in [-0.25, -0.2) is 10.2 Å². The van der Waals surface area contributed by atoms with Crippen molar-refractivity contribution in [2.45, 2.75) is 26.2 Å². The SMILES string of the molecule is CCOC(=O)NNC(=O)CC1C=CCC1. The summed E-state index contributed by atoms with van der Waals surface area (Å²) >= 11 is 0. The van der Waals surface area contributed by atoms with Crippen molar-refractivity contribution < 1.29 is 14.3 Å². The average molecular weight is 212 g/mol. The molecule has 0 radical (unpaired) electrons. The van der Waals surface area contributed by atoms with Gasteiger partial charge in [-0.2, -0.15) is 0 Å². The van der Waals surface area contributed by atoms with Crippen molar-refractivity contribution in [3.63, 3.8) is 0 Å². The average Bonchev–Trinajstić information content (AvgIpc) is 2.68. The molecule has 0 aromatic rings. The Morgan fingerprint density at radius 1 is 1.47 bits per heavy atom. The van der Waals surface area contributed by atoms with Gasteiger partial charge in [0.1, 0.15) is 0 Å². The lowest BCUT2D eigenvalue weighted by Gasteiger charge is -2.09. The van der Waals surface area contributed by atoms with E-state index in [0.717, 1.165) is 12.8 Å². The van der Waals surface area contributed by atoms with E-state index in [2.05, 4.69) is 21.7 Å². The summed E-state index contributed by atoms with van der Waals surface area (Å²) in [6.45, 7) is 1.98. The van der Waals surface area contributed by atoms with E-state index in [1.807, 2.05) is 6.08 Å². The number of hydrazine groups is 1. The minimum Gasteiger partial charge on any atom is -0.449 e. The molecule has 0 bridgehead atoms. The summed E-state index contributed by atoms with van der Waals surface area (Å²) in [5.41, 5.74) is 4.47. The molecule has 0 saturated heterocycles. The summed E-state index contributed by atoms with van der Waals surface area (Å²) in [5.74, 6) is 0.105. The quantitative estimate of drug-likeness (QED) is 0.544. The highest BCUT2D eigenvalue weighted by atomic mass is 16.5. The van der Waals surface area contributed by atoms with Crippen LogP contribution in [0.5, 0.6) is 0 Å². The van der Waals surface area contributed by atoms with Gasteiger partial charge in [0, 0.05) is 6.42 Å². The summed E-state index contributed by atoms with van der Waals surface area (Å²) in [6.07, 6.45) is 5.91. The second-order valence-corrected chi connectivity index (χ2v) is 3.36. The topological polar surface area (TPSA) is 67.4 Å². The van der Waals surface area contributed by atoms with Crippen molar-refractivity contribution in [2.75, 3.05) is 6.61 Å². The third-order valence-electron chi connectivity index (χ3n) is 2.14. The molecule has 1 atom stereocenters. The van der Waals surface area contributed by atoms with Gasteiger partial charge >= 0.3 is 6.09 Å². The van der Waals surface area contributed by atoms with Crippen molar-refractivity contribution in [1.29, 1.82) is 0 Å². The van der Waals surface area contributed by atoms with Crippen LogP contribution in [0.15, 0.2) is 12.2 Å². The molecule has 0 fully saturated rings. The first-order chi connectivity index (χ1) is 7.22. The third-order valence-corrected chi connectivity index (χ3v) is 2.14. The molecule has 1 aliphatic rings. The standard InChI is InChI=1S/C10H16N2O3/c1-2-15-10(14)12-11-9(13)7-8-5-3-4-6-8/h3,5,8H,2,4,6-7H2,1H3,(H,11,13)(H,12,14). The van der Waals surface area contributed by atoms with E-state index in [4.69, 9.17) is 0 Å². The Balaban J connectivity index is 2.13. The van der Waals surface area contributed by atoms with E-state index in [1.54, 1.807) is 6.92 Å². The van der Waals surface area contributed by atoms with Crippen LogP contribution in [0.4, 0.5) is 4.79 Å². The van der Waals surface area contributed by atoms with Gasteiger partial charge in [0.15, 0.2) is 0 Å². The van der Waals surface area contributed by atoms with Gasteiger partial charge in [-0.05, 0) is 25.7 Å². The Morgan fingerprint density at radius 2 is 2.27 bits per heavy atom. The monoisotopic (exact) mass is 212 g/mol. The normalized spacial score (nSPS) is 18.6. The molecule has 1 aliphatic carbocycles. The molecule has 1 unspecified atom stereocenters. The lowest BCUT2D eigenvalue weighted by molar-refractivity contribution is -0.122. The summed E-state index contributed by atoms with van der Waals surface area (Å²) in [5, 5.41) is 0. The highest BCUT2D eigenvalue weighted by Crippen LogP contribution is 2.19. The van der Waals surface area contributed by atoms with Gasteiger partial charge in [-0.15, -0.1) is 0 Å². The summed E-state index contributed by atoms with van der Waals surface area (Å²) < 4.78 is 4.58. The maximum atomic E-state index is 11.3. The Morgan fingerprint density at radius 3 is 2.87 bits per heavy atom. The fourth-order valence-electron chi connectivity index (χ4n) is 1.44. The number of nitrogens with one attached hydrogen (secondary N) is 2. The summed E-state index contributed by atoms with van der Waals surface area (Å²) in [7, 11) is 0. The predicted molar refractivity (Wildman–Crippen MR) is 54.8 cm³/mol. The summed E-state index contributed by atoms with van der Waals surface area (Å²) in [6, 6.07) is 0. The first-order valence-corrected chi connectivity index (χ1v) is 5.10. The molecule has 84 valence electrons. The zero-order chi connectivity index (χ0) is 11.1. The van der Waals surface area contributed by atoms with Crippen molar-refractivity contribution in [3.05, 3.63) is 12.2 Å². The van der Waals surface area contributed by atoms with Crippen molar-refractivity contribution in [1.82, 2.24) is 10.9 Å². The smallest absolute Gasteiger partial charge is 0.426 e. The van der Waals surface area contributed by atoms with Crippen LogP contribution >= 0.6 is 0 Å². The van der Waals surface area contributed by atoms with E-state index in [0.29, 0.717) is 12.3 Å². The second kappa shape index (κ2) is 6.06. The van der Waals surface area contributed by atoms with Gasteiger partial charge in [0.2, 0.25) is 5.91 Å². The Kier molecular flexibility index (Phi) is 4.66. The zero-order valence-corrected chi connectivity index (χ0v) is 8.79. The number of amides is 2. The van der Waals surface area contributed by atoms with E-state index in [1.165, 1.54) is 0 Å². The minimum absolute atomic E-state index is 0.195. The fourth-order valence-corrected chi connectivity index (χ4v) is 1.44. The highest BCUT2D eigenvalue weighted by molar-refractivity contribution is 5.79. The maximum Gasteiger partial charge on any atom is 0.426 e. The second-order valence-electron chi connectivity index (χ2n) is 3.36. The van der Waals surface area contributed by atoms with Crippen LogP contribution in [0, 0.1) is 5.92 Å². The van der Waals surface area contributed by atoms with E-state index < -0.39 is 6.09 Å². The first-order valence-electron chi connectivity index (χ1n) is 5.10. The molecule has 0 aromatic carbocycles. The number of allylic oxidation sites excluding steroid dienone is 2. The molecule has 2 amide bonds. The Hall–Kier alpha value is -1.52. The van der Waals surface area contributed by atoms with Crippen molar-refractivity contribution in [2.24, 2.45) is 5.92 Å². The lowest BCUT2D eigenvalue weighted by atomic mass is 10.1. The molecule has 0 aromatic heterocycles. The molecular weight excluding hydrogens is 196 g/mol. The molecule has 5 heteroatoms. The van der Waals surface area contributed by atoms with Crippen molar-refractivity contribution in [3.8, 4) is 0 Å². The molecule has 5 nitrogen and oxygen atoms in total. The minimum atomic E-state index is -0.632. The van der Waals surface area contributed by atoms with E-state index in [9.17, 15) is 9.59 Å².